The number of hydrogen-bond donors (Lipinski definition) is 2. The first-order valence-electron chi connectivity index (χ1n) is 1.74. The molecule has 0 fully saturated rings. The average molecular weight is 128 g/mol. The molecule has 0 bridgehead atoms. The third-order valence-corrected chi connectivity index (χ3v) is 0.288. The van der Waals surface area contributed by atoms with E-state index < -0.39 is 6.23 Å². The third-order valence-electron chi connectivity index (χ3n) is 0.288. The molecule has 0 saturated heterocycles. The van der Waals surface area contributed by atoms with Crippen LogP contribution in [0.15, 0.2) is 0 Å². The highest BCUT2D eigenvalue weighted by atomic mass is 35.5. The maximum atomic E-state index is 8.32. The summed E-state index contributed by atoms with van der Waals surface area (Å²) >= 11 is 0. The number of halogens is 1. The lowest BCUT2D eigenvalue weighted by Crippen LogP contribution is -2.23. The van der Waals surface area contributed by atoms with E-state index in [0.717, 1.165) is 0 Å². The van der Waals surface area contributed by atoms with Gasteiger partial charge in [-0.2, -0.15) is 5.48 Å². The van der Waals surface area contributed by atoms with E-state index in [1.807, 2.05) is 0 Å². The smallest absolute Gasteiger partial charge is 0.124 e. The van der Waals surface area contributed by atoms with Crippen molar-refractivity contribution in [1.29, 1.82) is 0 Å². The predicted molar refractivity (Wildman–Crippen MR) is 29.1 cm³/mol. The van der Waals surface area contributed by atoms with Crippen molar-refractivity contribution < 1.29 is 9.94 Å². The minimum atomic E-state index is -0.574. The molecule has 0 aliphatic rings. The molecule has 0 spiro atoms. The molecule has 0 aliphatic carbocycles. The SMILES string of the molecule is CONC(C)O.Cl. The lowest BCUT2D eigenvalue weighted by Gasteiger charge is -2.00. The van der Waals surface area contributed by atoms with Gasteiger partial charge in [-0.15, -0.1) is 12.4 Å². The highest BCUT2D eigenvalue weighted by Crippen LogP contribution is 1.65. The standard InChI is InChI=1S/C3H9NO2.ClH/c1-3(5)4-6-2;/h3-5H,1-2H3;1H. The number of hydroxylamine groups is 1. The van der Waals surface area contributed by atoms with Crippen molar-refractivity contribution in [3.63, 3.8) is 0 Å². The number of hydrogen-bond acceptors (Lipinski definition) is 3. The van der Waals surface area contributed by atoms with Crippen molar-refractivity contribution in [3.05, 3.63) is 0 Å². The van der Waals surface area contributed by atoms with Crippen molar-refractivity contribution in [2.45, 2.75) is 13.2 Å². The van der Waals surface area contributed by atoms with Gasteiger partial charge in [-0.25, -0.2) is 0 Å². The Bertz CT molecular complexity index is 34.1. The molecule has 0 amide bonds. The van der Waals surface area contributed by atoms with E-state index >= 15 is 0 Å². The van der Waals surface area contributed by atoms with E-state index in [1.165, 1.54) is 7.11 Å². The Morgan fingerprint density at radius 2 is 2.14 bits per heavy atom. The number of aliphatic hydroxyl groups excluding tert-OH is 1. The summed E-state index contributed by atoms with van der Waals surface area (Å²) in [5.74, 6) is 0. The van der Waals surface area contributed by atoms with Crippen LogP contribution >= 0.6 is 12.4 Å². The molecule has 0 heterocycles. The molecule has 0 aromatic rings. The molecule has 0 aliphatic heterocycles. The van der Waals surface area contributed by atoms with Crippen molar-refractivity contribution in [2.24, 2.45) is 0 Å². The summed E-state index contributed by atoms with van der Waals surface area (Å²) < 4.78 is 0. The molecule has 7 heavy (non-hydrogen) atoms. The van der Waals surface area contributed by atoms with E-state index in [-0.39, 0.29) is 12.4 Å². The Kier molecular flexibility index (Phi) is 9.00. The van der Waals surface area contributed by atoms with Crippen LogP contribution in [0.4, 0.5) is 0 Å². The first-order valence-corrected chi connectivity index (χ1v) is 1.74. The van der Waals surface area contributed by atoms with E-state index in [1.54, 1.807) is 6.92 Å². The quantitative estimate of drug-likeness (QED) is 0.402. The summed E-state index contributed by atoms with van der Waals surface area (Å²) in [7, 11) is 1.45. The maximum absolute atomic E-state index is 8.32. The van der Waals surface area contributed by atoms with Crippen LogP contribution in [0.25, 0.3) is 0 Å². The van der Waals surface area contributed by atoms with E-state index in [9.17, 15) is 0 Å². The van der Waals surface area contributed by atoms with Gasteiger partial charge in [0.15, 0.2) is 0 Å². The number of nitrogens with one attached hydrogen (secondary N) is 1. The van der Waals surface area contributed by atoms with Gasteiger partial charge in [-0.3, -0.25) is 0 Å². The minimum absolute atomic E-state index is 0. The number of rotatable bonds is 2. The summed E-state index contributed by atoms with van der Waals surface area (Å²) in [5, 5.41) is 8.32. The van der Waals surface area contributed by atoms with Crippen molar-refractivity contribution in [1.82, 2.24) is 5.48 Å². The van der Waals surface area contributed by atoms with E-state index in [0.29, 0.717) is 0 Å². The van der Waals surface area contributed by atoms with Crippen molar-refractivity contribution in [2.75, 3.05) is 7.11 Å². The monoisotopic (exact) mass is 127 g/mol. The van der Waals surface area contributed by atoms with Gasteiger partial charge in [0, 0.05) is 0 Å². The van der Waals surface area contributed by atoms with Crippen LogP contribution in [0.3, 0.4) is 0 Å². The van der Waals surface area contributed by atoms with Gasteiger partial charge in [0.25, 0.3) is 0 Å². The lowest BCUT2D eigenvalue weighted by molar-refractivity contribution is -0.0204. The maximum Gasteiger partial charge on any atom is 0.124 e. The third kappa shape index (κ3) is 10.7. The molecule has 4 heteroatoms. The second-order valence-electron chi connectivity index (χ2n) is 0.998. The highest BCUT2D eigenvalue weighted by Gasteiger charge is 1.84. The normalized spacial score (nSPS) is 12.4. The van der Waals surface area contributed by atoms with Crippen LogP contribution in [0.5, 0.6) is 0 Å². The lowest BCUT2D eigenvalue weighted by atomic mass is 10.7. The van der Waals surface area contributed by atoms with Gasteiger partial charge >= 0.3 is 0 Å². The van der Waals surface area contributed by atoms with Gasteiger partial charge in [0.1, 0.15) is 6.23 Å². The van der Waals surface area contributed by atoms with E-state index in [4.69, 9.17) is 5.11 Å². The topological polar surface area (TPSA) is 41.5 Å². The second kappa shape index (κ2) is 6.17. The summed E-state index contributed by atoms with van der Waals surface area (Å²) in [6.45, 7) is 1.57. The summed E-state index contributed by atoms with van der Waals surface area (Å²) in [6.07, 6.45) is -0.574. The summed E-state index contributed by atoms with van der Waals surface area (Å²) in [5.41, 5.74) is 2.26. The van der Waals surface area contributed by atoms with Crippen LogP contribution in [-0.4, -0.2) is 18.4 Å². The molecule has 0 saturated carbocycles. The van der Waals surface area contributed by atoms with Gasteiger partial charge in [-0.1, -0.05) is 0 Å². The largest absolute Gasteiger partial charge is 0.377 e. The van der Waals surface area contributed by atoms with Crippen molar-refractivity contribution in [3.8, 4) is 0 Å². The Hall–Kier alpha value is 0.170. The molecule has 0 aromatic carbocycles. The Morgan fingerprint density at radius 3 is 2.14 bits per heavy atom. The molecule has 0 radical (unpaired) electrons. The van der Waals surface area contributed by atoms with Crippen LogP contribution < -0.4 is 5.48 Å². The molecule has 2 N–H and O–H groups in total. The van der Waals surface area contributed by atoms with Crippen LogP contribution in [0, 0.1) is 0 Å². The van der Waals surface area contributed by atoms with Gasteiger partial charge in [-0.05, 0) is 6.92 Å². The highest BCUT2D eigenvalue weighted by molar-refractivity contribution is 5.85. The zero-order valence-electron chi connectivity index (χ0n) is 4.34. The second-order valence-corrected chi connectivity index (χ2v) is 0.998. The minimum Gasteiger partial charge on any atom is -0.377 e. The fraction of sp³-hybridized carbons (Fsp3) is 1.00. The molecular weight excluding hydrogens is 117 g/mol. The van der Waals surface area contributed by atoms with Crippen LogP contribution in [0.2, 0.25) is 0 Å². The first kappa shape index (κ1) is 10.2. The molecule has 46 valence electrons. The molecule has 3 nitrogen and oxygen atoms in total. The molecule has 0 aromatic heterocycles. The van der Waals surface area contributed by atoms with Gasteiger partial charge < -0.3 is 9.94 Å². The molecule has 0 rings (SSSR count). The Balaban J connectivity index is 0. The zero-order valence-corrected chi connectivity index (χ0v) is 5.16. The van der Waals surface area contributed by atoms with Gasteiger partial charge in [0.2, 0.25) is 0 Å². The Labute approximate surface area is 49.0 Å². The van der Waals surface area contributed by atoms with Crippen molar-refractivity contribution >= 4 is 12.4 Å². The van der Waals surface area contributed by atoms with Crippen LogP contribution in [-0.2, 0) is 4.84 Å². The molecular formula is C3H10ClNO2. The van der Waals surface area contributed by atoms with Gasteiger partial charge in [0.05, 0.1) is 7.11 Å². The molecule has 1 atom stereocenters. The van der Waals surface area contributed by atoms with E-state index in [2.05, 4.69) is 10.3 Å². The average Bonchev–Trinajstić information content (AvgIpc) is 1.35. The molecule has 1 unspecified atom stereocenters. The Morgan fingerprint density at radius 1 is 1.71 bits per heavy atom. The number of aliphatic hydroxyl groups is 1. The zero-order chi connectivity index (χ0) is 4.99. The fourth-order valence-electron chi connectivity index (χ4n) is 0.171. The predicted octanol–water partition coefficient (Wildman–Crippen LogP) is -0.102. The first-order chi connectivity index (χ1) is 2.77. The summed E-state index contributed by atoms with van der Waals surface area (Å²) in [4.78, 5) is 4.30. The van der Waals surface area contributed by atoms with Crippen LogP contribution in [0.1, 0.15) is 6.92 Å². The fourth-order valence-corrected chi connectivity index (χ4v) is 0.171. The summed E-state index contributed by atoms with van der Waals surface area (Å²) in [6, 6.07) is 0.